The summed E-state index contributed by atoms with van der Waals surface area (Å²) in [7, 11) is 1.67. The Balaban J connectivity index is 2.39. The maximum Gasteiger partial charge on any atom is 0.128 e. The zero-order chi connectivity index (χ0) is 14.4. The molecular weight excluding hydrogens is 252 g/mol. The van der Waals surface area contributed by atoms with E-state index >= 15 is 0 Å². The molecule has 5 heteroatoms. The number of unbranched alkanes of at least 4 members (excludes halogenated alkanes) is 2. The van der Waals surface area contributed by atoms with Gasteiger partial charge in [0.1, 0.15) is 11.4 Å². The summed E-state index contributed by atoms with van der Waals surface area (Å²) >= 11 is 0. The minimum absolute atomic E-state index is 0.376. The van der Waals surface area contributed by atoms with Crippen LogP contribution in [0, 0.1) is 0 Å². The van der Waals surface area contributed by atoms with Crippen LogP contribution in [-0.4, -0.2) is 22.1 Å². The minimum Gasteiger partial charge on any atom is -0.496 e. The summed E-state index contributed by atoms with van der Waals surface area (Å²) in [6.07, 6.45) is 3.46. The number of aromatic nitrogens is 3. The highest BCUT2D eigenvalue weighted by Crippen LogP contribution is 2.31. The number of ether oxygens (including phenoxy) is 1. The molecule has 2 N–H and O–H groups in total. The van der Waals surface area contributed by atoms with Gasteiger partial charge in [0.25, 0.3) is 0 Å². The summed E-state index contributed by atoms with van der Waals surface area (Å²) < 4.78 is 7.38. The van der Waals surface area contributed by atoms with Crippen molar-refractivity contribution >= 4 is 0 Å². The van der Waals surface area contributed by atoms with Gasteiger partial charge in [-0.15, -0.1) is 5.10 Å². The van der Waals surface area contributed by atoms with E-state index in [1.807, 2.05) is 28.9 Å². The molecule has 0 unspecified atom stereocenters. The van der Waals surface area contributed by atoms with Crippen LogP contribution in [0.1, 0.15) is 31.9 Å². The summed E-state index contributed by atoms with van der Waals surface area (Å²) in [6.45, 7) is 3.42. The van der Waals surface area contributed by atoms with Crippen molar-refractivity contribution in [2.24, 2.45) is 5.73 Å². The maximum atomic E-state index is 5.79. The number of hydrogen-bond donors (Lipinski definition) is 1. The molecule has 0 saturated heterocycles. The summed E-state index contributed by atoms with van der Waals surface area (Å²) in [5.41, 5.74) is 8.57. The van der Waals surface area contributed by atoms with Gasteiger partial charge < -0.3 is 10.5 Å². The van der Waals surface area contributed by atoms with Gasteiger partial charge in [-0.1, -0.05) is 37.1 Å². The fourth-order valence-corrected chi connectivity index (χ4v) is 2.29. The second-order valence-corrected chi connectivity index (χ2v) is 4.72. The van der Waals surface area contributed by atoms with Crippen molar-refractivity contribution < 1.29 is 4.74 Å². The maximum absolute atomic E-state index is 5.79. The van der Waals surface area contributed by atoms with Crippen LogP contribution in [0.2, 0.25) is 0 Å². The van der Waals surface area contributed by atoms with E-state index in [9.17, 15) is 0 Å². The van der Waals surface area contributed by atoms with Gasteiger partial charge in [0.05, 0.1) is 12.8 Å². The van der Waals surface area contributed by atoms with E-state index in [4.69, 9.17) is 10.5 Å². The van der Waals surface area contributed by atoms with Gasteiger partial charge in [0.2, 0.25) is 0 Å². The standard InChI is InChI=1S/C15H22N4O/c1-3-4-7-10-19-15(13(11-16)17-18-19)12-8-5-6-9-14(12)20-2/h5-6,8-9H,3-4,7,10-11,16H2,1-2H3. The minimum atomic E-state index is 0.376. The smallest absolute Gasteiger partial charge is 0.128 e. The summed E-state index contributed by atoms with van der Waals surface area (Å²) in [4.78, 5) is 0. The van der Waals surface area contributed by atoms with Crippen LogP contribution >= 0.6 is 0 Å². The third-order valence-corrected chi connectivity index (χ3v) is 3.33. The van der Waals surface area contributed by atoms with E-state index in [0.29, 0.717) is 6.54 Å². The summed E-state index contributed by atoms with van der Waals surface area (Å²) in [6, 6.07) is 7.91. The molecule has 0 atom stereocenters. The monoisotopic (exact) mass is 274 g/mol. The van der Waals surface area contributed by atoms with Crippen LogP contribution in [0.15, 0.2) is 24.3 Å². The van der Waals surface area contributed by atoms with Crippen molar-refractivity contribution in [1.29, 1.82) is 0 Å². The third kappa shape index (κ3) is 2.99. The Morgan fingerprint density at radius 3 is 2.75 bits per heavy atom. The first-order valence-electron chi connectivity index (χ1n) is 7.07. The number of nitrogens with two attached hydrogens (primary N) is 1. The lowest BCUT2D eigenvalue weighted by Crippen LogP contribution is -2.05. The normalized spacial score (nSPS) is 10.8. The first-order valence-corrected chi connectivity index (χ1v) is 7.07. The molecular formula is C15H22N4O. The zero-order valence-electron chi connectivity index (χ0n) is 12.2. The van der Waals surface area contributed by atoms with Crippen LogP contribution in [0.4, 0.5) is 0 Å². The second kappa shape index (κ2) is 7.05. The van der Waals surface area contributed by atoms with E-state index in [1.165, 1.54) is 12.8 Å². The van der Waals surface area contributed by atoms with Crippen molar-refractivity contribution in [2.75, 3.05) is 7.11 Å². The van der Waals surface area contributed by atoms with E-state index in [1.54, 1.807) is 7.11 Å². The first kappa shape index (κ1) is 14.5. The van der Waals surface area contributed by atoms with Gasteiger partial charge in [-0.3, -0.25) is 0 Å². The number of methoxy groups -OCH3 is 1. The Labute approximate surface area is 119 Å². The van der Waals surface area contributed by atoms with Crippen molar-refractivity contribution in [2.45, 2.75) is 39.3 Å². The molecule has 0 bridgehead atoms. The molecule has 0 aliphatic carbocycles. The topological polar surface area (TPSA) is 66.0 Å². The van der Waals surface area contributed by atoms with Gasteiger partial charge in [0, 0.05) is 18.7 Å². The average Bonchev–Trinajstić information content (AvgIpc) is 2.90. The predicted octanol–water partition coefficient (Wildman–Crippen LogP) is 2.60. The fourth-order valence-electron chi connectivity index (χ4n) is 2.29. The van der Waals surface area contributed by atoms with Crippen LogP contribution in [0.5, 0.6) is 5.75 Å². The predicted molar refractivity (Wildman–Crippen MR) is 79.4 cm³/mol. The molecule has 2 rings (SSSR count). The highest BCUT2D eigenvalue weighted by Gasteiger charge is 2.16. The van der Waals surface area contributed by atoms with Crippen molar-refractivity contribution in [3.63, 3.8) is 0 Å². The van der Waals surface area contributed by atoms with Crippen molar-refractivity contribution in [3.8, 4) is 17.0 Å². The largest absolute Gasteiger partial charge is 0.496 e. The number of para-hydroxylation sites is 1. The van der Waals surface area contributed by atoms with Gasteiger partial charge in [-0.25, -0.2) is 4.68 Å². The Kier molecular flexibility index (Phi) is 5.12. The van der Waals surface area contributed by atoms with Crippen molar-refractivity contribution in [1.82, 2.24) is 15.0 Å². The number of aryl methyl sites for hydroxylation is 1. The number of nitrogens with zero attached hydrogens (tertiary/aromatic N) is 3. The van der Waals surface area contributed by atoms with E-state index in [2.05, 4.69) is 17.2 Å². The van der Waals surface area contributed by atoms with E-state index < -0.39 is 0 Å². The zero-order valence-corrected chi connectivity index (χ0v) is 12.2. The number of benzene rings is 1. The van der Waals surface area contributed by atoms with Gasteiger partial charge in [-0.05, 0) is 18.6 Å². The van der Waals surface area contributed by atoms with Gasteiger partial charge >= 0.3 is 0 Å². The lowest BCUT2D eigenvalue weighted by atomic mass is 10.1. The van der Waals surface area contributed by atoms with E-state index in [0.717, 1.165) is 35.7 Å². The Bertz CT molecular complexity index is 551. The molecule has 20 heavy (non-hydrogen) atoms. The van der Waals surface area contributed by atoms with Crippen LogP contribution in [0.3, 0.4) is 0 Å². The van der Waals surface area contributed by atoms with Crippen LogP contribution in [0.25, 0.3) is 11.3 Å². The van der Waals surface area contributed by atoms with Crippen LogP contribution < -0.4 is 10.5 Å². The van der Waals surface area contributed by atoms with Crippen LogP contribution in [-0.2, 0) is 13.1 Å². The molecule has 1 aromatic heterocycles. The molecule has 2 aromatic rings. The lowest BCUT2D eigenvalue weighted by molar-refractivity contribution is 0.415. The summed E-state index contributed by atoms with van der Waals surface area (Å²) in [5.74, 6) is 0.821. The molecule has 1 aromatic carbocycles. The molecule has 0 spiro atoms. The average molecular weight is 274 g/mol. The fraction of sp³-hybridized carbons (Fsp3) is 0.467. The SMILES string of the molecule is CCCCCn1nnc(CN)c1-c1ccccc1OC. The highest BCUT2D eigenvalue weighted by atomic mass is 16.5. The van der Waals surface area contributed by atoms with Gasteiger partial charge in [0.15, 0.2) is 0 Å². The molecule has 0 amide bonds. The molecule has 5 nitrogen and oxygen atoms in total. The Morgan fingerprint density at radius 2 is 2.05 bits per heavy atom. The quantitative estimate of drug-likeness (QED) is 0.788. The molecule has 0 aliphatic rings. The number of rotatable bonds is 7. The Morgan fingerprint density at radius 1 is 1.25 bits per heavy atom. The summed E-state index contributed by atoms with van der Waals surface area (Å²) in [5, 5.41) is 8.44. The second-order valence-electron chi connectivity index (χ2n) is 4.72. The molecule has 0 radical (unpaired) electrons. The molecule has 0 aliphatic heterocycles. The number of hydrogen-bond acceptors (Lipinski definition) is 4. The third-order valence-electron chi connectivity index (χ3n) is 3.33. The first-order chi connectivity index (χ1) is 9.81. The molecule has 108 valence electrons. The Hall–Kier alpha value is -1.88. The lowest BCUT2D eigenvalue weighted by Gasteiger charge is -2.11. The van der Waals surface area contributed by atoms with Crippen molar-refractivity contribution in [3.05, 3.63) is 30.0 Å². The van der Waals surface area contributed by atoms with E-state index in [-0.39, 0.29) is 0 Å². The highest BCUT2D eigenvalue weighted by molar-refractivity contribution is 5.69. The van der Waals surface area contributed by atoms with Gasteiger partial charge in [-0.2, -0.15) is 0 Å². The molecule has 1 heterocycles. The molecule has 0 saturated carbocycles. The molecule has 0 fully saturated rings.